The van der Waals surface area contributed by atoms with E-state index in [0.29, 0.717) is 23.9 Å². The van der Waals surface area contributed by atoms with Crippen LogP contribution in [0.3, 0.4) is 0 Å². The van der Waals surface area contributed by atoms with Gasteiger partial charge in [-0.3, -0.25) is 0 Å². The van der Waals surface area contributed by atoms with Gasteiger partial charge in [0, 0.05) is 26.2 Å². The molecule has 0 bridgehead atoms. The summed E-state index contributed by atoms with van der Waals surface area (Å²) in [6, 6.07) is 3.94. The van der Waals surface area contributed by atoms with E-state index in [1.807, 2.05) is 37.3 Å². The van der Waals surface area contributed by atoms with Gasteiger partial charge >= 0.3 is 0 Å². The van der Waals surface area contributed by atoms with Gasteiger partial charge in [0.05, 0.1) is 4.90 Å². The third-order valence-electron chi connectivity index (χ3n) is 6.00. The maximum atomic E-state index is 13.2. The Morgan fingerprint density at radius 3 is 1.88 bits per heavy atom. The SMILES string of the molecule is Cc1cc(C)c(S(=O)(=O)N2CCC(CC3CCN(Cl)CC3)CC2)c(C)c1. The average molecular weight is 399 g/mol. The zero-order valence-electron chi connectivity index (χ0n) is 16.2. The van der Waals surface area contributed by atoms with Crippen LogP contribution in [0.15, 0.2) is 17.0 Å². The van der Waals surface area contributed by atoms with Gasteiger partial charge in [-0.2, -0.15) is 4.31 Å². The summed E-state index contributed by atoms with van der Waals surface area (Å²) in [5, 5.41) is 0. The fourth-order valence-electron chi connectivity index (χ4n) is 4.70. The molecule has 2 saturated heterocycles. The molecule has 0 unspecified atom stereocenters. The van der Waals surface area contributed by atoms with Crippen LogP contribution in [-0.4, -0.2) is 43.3 Å². The van der Waals surface area contributed by atoms with Crippen molar-refractivity contribution in [2.24, 2.45) is 11.8 Å². The van der Waals surface area contributed by atoms with Crippen molar-refractivity contribution in [2.75, 3.05) is 26.2 Å². The second kappa shape index (κ2) is 8.17. The topological polar surface area (TPSA) is 40.6 Å². The lowest BCUT2D eigenvalue weighted by Crippen LogP contribution is -2.39. The van der Waals surface area contributed by atoms with Crippen molar-refractivity contribution in [3.8, 4) is 0 Å². The van der Waals surface area contributed by atoms with Gasteiger partial charge in [-0.05, 0) is 87.6 Å². The highest BCUT2D eigenvalue weighted by molar-refractivity contribution is 7.89. The van der Waals surface area contributed by atoms with Crippen molar-refractivity contribution in [1.82, 2.24) is 8.72 Å². The van der Waals surface area contributed by atoms with Crippen LogP contribution in [-0.2, 0) is 10.0 Å². The van der Waals surface area contributed by atoms with E-state index in [1.54, 1.807) is 4.31 Å². The van der Waals surface area contributed by atoms with Crippen molar-refractivity contribution in [3.63, 3.8) is 0 Å². The first-order valence-electron chi connectivity index (χ1n) is 9.76. The Bertz CT molecular complexity index is 711. The van der Waals surface area contributed by atoms with Crippen LogP contribution in [0.4, 0.5) is 0 Å². The van der Waals surface area contributed by atoms with E-state index in [4.69, 9.17) is 11.8 Å². The van der Waals surface area contributed by atoms with Gasteiger partial charge in [-0.25, -0.2) is 12.8 Å². The summed E-state index contributed by atoms with van der Waals surface area (Å²) < 4.78 is 29.9. The van der Waals surface area contributed by atoms with Crippen molar-refractivity contribution >= 4 is 21.8 Å². The predicted octanol–water partition coefficient (Wildman–Crippen LogP) is 4.27. The molecule has 1 aromatic rings. The van der Waals surface area contributed by atoms with E-state index in [0.717, 1.165) is 48.5 Å². The molecule has 0 spiro atoms. The van der Waals surface area contributed by atoms with Crippen LogP contribution >= 0.6 is 11.8 Å². The first-order valence-corrected chi connectivity index (χ1v) is 11.5. The Morgan fingerprint density at radius 2 is 1.38 bits per heavy atom. The summed E-state index contributed by atoms with van der Waals surface area (Å²) in [5.74, 6) is 1.40. The number of piperidine rings is 2. The van der Waals surface area contributed by atoms with Crippen LogP contribution in [0.5, 0.6) is 0 Å². The molecule has 2 aliphatic rings. The first kappa shape index (κ1) is 20.1. The van der Waals surface area contributed by atoms with E-state index in [9.17, 15) is 8.42 Å². The zero-order valence-corrected chi connectivity index (χ0v) is 17.7. The van der Waals surface area contributed by atoms with Crippen LogP contribution in [0.2, 0.25) is 0 Å². The highest BCUT2D eigenvalue weighted by atomic mass is 35.5. The molecule has 3 rings (SSSR count). The molecule has 0 aliphatic carbocycles. The normalized spacial score (nSPS) is 22.0. The molecule has 1 aromatic carbocycles. The monoisotopic (exact) mass is 398 g/mol. The van der Waals surface area contributed by atoms with Crippen LogP contribution in [0.1, 0.15) is 48.8 Å². The van der Waals surface area contributed by atoms with Crippen molar-refractivity contribution < 1.29 is 8.42 Å². The number of benzene rings is 1. The minimum absolute atomic E-state index is 0.510. The second-order valence-corrected chi connectivity index (χ2v) is 10.5. The predicted molar refractivity (Wildman–Crippen MR) is 107 cm³/mol. The number of hydrogen-bond acceptors (Lipinski definition) is 3. The minimum atomic E-state index is -3.39. The number of hydrogen-bond donors (Lipinski definition) is 0. The summed E-state index contributed by atoms with van der Waals surface area (Å²) >= 11 is 6.05. The molecule has 0 atom stereocenters. The summed E-state index contributed by atoms with van der Waals surface area (Å²) in [4.78, 5) is 0.510. The van der Waals surface area contributed by atoms with Crippen molar-refractivity contribution in [3.05, 3.63) is 28.8 Å². The molecule has 0 amide bonds. The molecular formula is C20H31ClN2O2S. The Morgan fingerprint density at radius 1 is 0.923 bits per heavy atom. The molecule has 2 heterocycles. The maximum Gasteiger partial charge on any atom is 0.243 e. The Kier molecular flexibility index (Phi) is 6.33. The van der Waals surface area contributed by atoms with Gasteiger partial charge in [0.2, 0.25) is 10.0 Å². The van der Waals surface area contributed by atoms with Gasteiger partial charge in [0.1, 0.15) is 0 Å². The highest BCUT2D eigenvalue weighted by Gasteiger charge is 2.32. The molecule has 6 heteroatoms. The number of aryl methyl sites for hydroxylation is 3. The molecule has 0 aromatic heterocycles. The van der Waals surface area contributed by atoms with Gasteiger partial charge in [-0.15, -0.1) is 0 Å². The fourth-order valence-corrected chi connectivity index (χ4v) is 6.77. The van der Waals surface area contributed by atoms with Crippen molar-refractivity contribution in [2.45, 2.75) is 57.8 Å². The van der Waals surface area contributed by atoms with Crippen LogP contribution < -0.4 is 0 Å². The van der Waals surface area contributed by atoms with E-state index < -0.39 is 10.0 Å². The lowest BCUT2D eigenvalue weighted by molar-refractivity contribution is 0.197. The Balaban J connectivity index is 1.62. The van der Waals surface area contributed by atoms with E-state index >= 15 is 0 Å². The summed E-state index contributed by atoms with van der Waals surface area (Å²) in [5.41, 5.74) is 2.83. The maximum absolute atomic E-state index is 13.2. The molecule has 146 valence electrons. The van der Waals surface area contributed by atoms with Gasteiger partial charge in [0.25, 0.3) is 0 Å². The summed E-state index contributed by atoms with van der Waals surface area (Å²) in [6.45, 7) is 9.07. The zero-order chi connectivity index (χ0) is 18.9. The Hall–Kier alpha value is -0.620. The number of nitrogens with zero attached hydrogens (tertiary/aromatic N) is 2. The Labute approximate surface area is 163 Å². The van der Waals surface area contributed by atoms with Gasteiger partial charge in [-0.1, -0.05) is 17.7 Å². The highest BCUT2D eigenvalue weighted by Crippen LogP contribution is 2.33. The molecule has 0 N–H and O–H groups in total. The van der Waals surface area contributed by atoms with Gasteiger partial charge in [0.15, 0.2) is 0 Å². The standard InChI is InChI=1S/C20H31ClN2O2S/c1-15-12-16(2)20(17(3)13-15)26(24,25)23-10-6-19(7-11-23)14-18-4-8-22(21)9-5-18/h12-13,18-19H,4-11,14H2,1-3H3. The quantitative estimate of drug-likeness (QED) is 0.711. The van der Waals surface area contributed by atoms with Gasteiger partial charge < -0.3 is 0 Å². The minimum Gasteiger partial charge on any atom is -0.220 e. The fraction of sp³-hybridized carbons (Fsp3) is 0.700. The molecule has 0 radical (unpaired) electrons. The molecule has 2 fully saturated rings. The van der Waals surface area contributed by atoms with E-state index in [2.05, 4.69) is 0 Å². The smallest absolute Gasteiger partial charge is 0.220 e. The van der Waals surface area contributed by atoms with Crippen LogP contribution in [0.25, 0.3) is 0 Å². The van der Waals surface area contributed by atoms with Crippen molar-refractivity contribution in [1.29, 1.82) is 0 Å². The second-order valence-electron chi connectivity index (χ2n) is 8.16. The van der Waals surface area contributed by atoms with E-state index in [1.165, 1.54) is 19.3 Å². The van der Waals surface area contributed by atoms with E-state index in [-0.39, 0.29) is 0 Å². The molecule has 2 aliphatic heterocycles. The lowest BCUT2D eigenvalue weighted by atomic mass is 9.83. The molecular weight excluding hydrogens is 368 g/mol. The largest absolute Gasteiger partial charge is 0.243 e. The molecule has 0 saturated carbocycles. The third-order valence-corrected chi connectivity index (χ3v) is 8.55. The number of rotatable bonds is 4. The molecule has 26 heavy (non-hydrogen) atoms. The first-order chi connectivity index (χ1) is 12.3. The average Bonchev–Trinajstić information content (AvgIpc) is 2.56. The number of sulfonamides is 1. The van der Waals surface area contributed by atoms with Crippen LogP contribution in [0, 0.1) is 32.6 Å². The molecule has 4 nitrogen and oxygen atoms in total. The lowest BCUT2D eigenvalue weighted by Gasteiger charge is -2.35. The third kappa shape index (κ3) is 4.44. The summed E-state index contributed by atoms with van der Waals surface area (Å²) in [7, 11) is -3.39. The summed E-state index contributed by atoms with van der Waals surface area (Å²) in [6.07, 6.45) is 5.52. The number of halogens is 1.